The molecule has 1 fully saturated rings. The van der Waals surface area contributed by atoms with E-state index in [1.807, 2.05) is 19.9 Å². The fourth-order valence-electron chi connectivity index (χ4n) is 6.30. The standard InChI is InChI=1S/C32H38F3N3O3/c1-21(2)30(39)41-31(20-23-14-15-24(31)19-25(23)22-9-5-4-6-10-22)16-18-38(3)17-8-13-28-36-26-11-7-12-27(29(26)37-28)40-32(33,34)35/h4-7,9-12,19,21,23-24H,8,13-18,20H2,1-3H3,(H,36,37)/t23-,24-,31+/m0/s1. The number of imidazole rings is 1. The van der Waals surface area contributed by atoms with Crippen LogP contribution >= 0.6 is 0 Å². The van der Waals surface area contributed by atoms with Gasteiger partial charge in [-0.2, -0.15) is 0 Å². The number of H-pyrrole nitrogens is 1. The predicted octanol–water partition coefficient (Wildman–Crippen LogP) is 7.17. The lowest BCUT2D eigenvalue weighted by Crippen LogP contribution is -2.51. The Balaban J connectivity index is 1.22. The summed E-state index contributed by atoms with van der Waals surface area (Å²) in [5, 5.41) is 0. The third-order valence-corrected chi connectivity index (χ3v) is 8.42. The molecule has 6 rings (SSSR count). The summed E-state index contributed by atoms with van der Waals surface area (Å²) in [6.45, 7) is 5.30. The average molecular weight is 570 g/mol. The number of aryl methyl sites for hydroxylation is 1. The van der Waals surface area contributed by atoms with E-state index in [1.165, 1.54) is 23.3 Å². The summed E-state index contributed by atoms with van der Waals surface area (Å²) < 4.78 is 48.8. The van der Waals surface area contributed by atoms with E-state index in [0.717, 1.165) is 45.2 Å². The molecule has 0 spiro atoms. The third kappa shape index (κ3) is 6.77. The van der Waals surface area contributed by atoms with Crippen LogP contribution in [0.1, 0.15) is 57.3 Å². The second-order valence-electron chi connectivity index (χ2n) is 11.8. The normalized spacial score (nSPS) is 22.4. The summed E-state index contributed by atoms with van der Waals surface area (Å²) in [7, 11) is 2.05. The molecule has 3 aromatic rings. The number of esters is 1. The molecule has 2 aromatic carbocycles. The van der Waals surface area contributed by atoms with Gasteiger partial charge in [-0.3, -0.25) is 4.79 Å². The summed E-state index contributed by atoms with van der Waals surface area (Å²) in [6.07, 6.45) is 2.67. The first-order valence-corrected chi connectivity index (χ1v) is 14.4. The van der Waals surface area contributed by atoms with Gasteiger partial charge in [-0.1, -0.05) is 56.3 Å². The van der Waals surface area contributed by atoms with Crippen LogP contribution in [0.2, 0.25) is 0 Å². The Morgan fingerprint density at radius 3 is 2.59 bits per heavy atom. The summed E-state index contributed by atoms with van der Waals surface area (Å²) in [6, 6.07) is 15.0. The zero-order valence-corrected chi connectivity index (χ0v) is 23.8. The van der Waals surface area contributed by atoms with Gasteiger partial charge in [-0.05, 0) is 68.5 Å². The van der Waals surface area contributed by atoms with E-state index in [4.69, 9.17) is 4.74 Å². The van der Waals surface area contributed by atoms with Crippen molar-refractivity contribution >= 4 is 22.6 Å². The SMILES string of the molecule is CC(C)C(=O)O[C@]1(CCN(C)CCCc2nc3c(OC(F)(F)F)cccc3[nH]2)C[C@@H]2CC[C@H]1C=C2c1ccccc1. The van der Waals surface area contributed by atoms with Crippen molar-refractivity contribution in [2.24, 2.45) is 17.8 Å². The van der Waals surface area contributed by atoms with Gasteiger partial charge in [0.25, 0.3) is 0 Å². The zero-order chi connectivity index (χ0) is 29.2. The molecule has 3 atom stereocenters. The Kier molecular flexibility index (Phi) is 8.45. The van der Waals surface area contributed by atoms with Gasteiger partial charge in [0.05, 0.1) is 11.4 Å². The molecule has 3 aliphatic carbocycles. The number of carbonyl (C=O) groups is 1. The number of nitrogens with one attached hydrogen (secondary N) is 1. The van der Waals surface area contributed by atoms with Crippen LogP contribution in [0.25, 0.3) is 16.6 Å². The van der Waals surface area contributed by atoms with Crippen molar-refractivity contribution in [2.75, 3.05) is 20.1 Å². The van der Waals surface area contributed by atoms with E-state index in [9.17, 15) is 18.0 Å². The first-order chi connectivity index (χ1) is 19.5. The number of carbonyl (C=O) groups excluding carboxylic acids is 1. The minimum atomic E-state index is -4.77. The van der Waals surface area contributed by atoms with Gasteiger partial charge >= 0.3 is 12.3 Å². The molecule has 1 heterocycles. The van der Waals surface area contributed by atoms with E-state index in [1.54, 1.807) is 6.07 Å². The van der Waals surface area contributed by atoms with Crippen LogP contribution < -0.4 is 4.74 Å². The number of hydrogen-bond acceptors (Lipinski definition) is 5. The third-order valence-electron chi connectivity index (χ3n) is 8.42. The minimum Gasteiger partial charge on any atom is -0.458 e. The molecule has 6 nitrogen and oxygen atoms in total. The number of halogens is 3. The molecule has 220 valence electrons. The van der Waals surface area contributed by atoms with Crippen LogP contribution in [0, 0.1) is 17.8 Å². The Bertz CT molecular complexity index is 1390. The predicted molar refractivity (Wildman–Crippen MR) is 152 cm³/mol. The number of aromatic amines is 1. The fourth-order valence-corrected chi connectivity index (χ4v) is 6.30. The van der Waals surface area contributed by atoms with Crippen molar-refractivity contribution in [1.29, 1.82) is 0 Å². The molecule has 1 saturated carbocycles. The highest BCUT2D eigenvalue weighted by molar-refractivity contribution is 5.81. The Morgan fingerprint density at radius 1 is 1.12 bits per heavy atom. The van der Waals surface area contributed by atoms with Gasteiger partial charge in [-0.25, -0.2) is 4.98 Å². The van der Waals surface area contributed by atoms with Crippen molar-refractivity contribution in [2.45, 2.75) is 64.3 Å². The molecule has 1 aromatic heterocycles. The molecule has 0 radical (unpaired) electrons. The lowest BCUT2D eigenvalue weighted by Gasteiger charge is -2.50. The van der Waals surface area contributed by atoms with Crippen molar-refractivity contribution in [3.8, 4) is 5.75 Å². The number of allylic oxidation sites excluding steroid dienone is 1. The quantitative estimate of drug-likeness (QED) is 0.248. The van der Waals surface area contributed by atoms with Crippen molar-refractivity contribution in [1.82, 2.24) is 14.9 Å². The molecule has 0 saturated heterocycles. The average Bonchev–Trinajstić information content (AvgIpc) is 3.36. The maximum atomic E-state index is 12.9. The Hall–Kier alpha value is -3.33. The van der Waals surface area contributed by atoms with Crippen molar-refractivity contribution < 1.29 is 27.4 Å². The van der Waals surface area contributed by atoms with E-state index < -0.39 is 12.0 Å². The molecular weight excluding hydrogens is 531 g/mol. The van der Waals surface area contributed by atoms with Crippen LogP contribution in [0.3, 0.4) is 0 Å². The molecule has 9 heteroatoms. The highest BCUT2D eigenvalue weighted by atomic mass is 19.4. The maximum Gasteiger partial charge on any atom is 0.573 e. The second kappa shape index (κ2) is 11.9. The molecule has 41 heavy (non-hydrogen) atoms. The topological polar surface area (TPSA) is 67.4 Å². The lowest BCUT2D eigenvalue weighted by atomic mass is 9.60. The zero-order valence-electron chi connectivity index (χ0n) is 23.8. The Morgan fingerprint density at radius 2 is 1.90 bits per heavy atom. The molecule has 1 N–H and O–H groups in total. The number of para-hydroxylation sites is 1. The van der Waals surface area contributed by atoms with Gasteiger partial charge in [0.2, 0.25) is 0 Å². The van der Waals surface area contributed by atoms with E-state index in [2.05, 4.69) is 57.0 Å². The summed E-state index contributed by atoms with van der Waals surface area (Å²) in [5.41, 5.74) is 2.81. The van der Waals surface area contributed by atoms with Gasteiger partial charge in [0, 0.05) is 25.3 Å². The molecule has 0 unspecified atom stereocenters. The van der Waals surface area contributed by atoms with Crippen LogP contribution in [0.4, 0.5) is 13.2 Å². The largest absolute Gasteiger partial charge is 0.573 e. The monoisotopic (exact) mass is 569 g/mol. The summed E-state index contributed by atoms with van der Waals surface area (Å²) >= 11 is 0. The maximum absolute atomic E-state index is 12.9. The van der Waals surface area contributed by atoms with Crippen LogP contribution in [-0.2, 0) is 16.0 Å². The first-order valence-electron chi connectivity index (χ1n) is 14.4. The van der Waals surface area contributed by atoms with E-state index in [0.29, 0.717) is 23.7 Å². The molecular formula is C32H38F3N3O3. The molecule has 2 bridgehead atoms. The fraction of sp³-hybridized carbons (Fsp3) is 0.500. The van der Waals surface area contributed by atoms with Gasteiger partial charge in [-0.15, -0.1) is 13.2 Å². The first kappa shape index (κ1) is 29.2. The molecule has 0 amide bonds. The number of rotatable bonds is 11. The smallest absolute Gasteiger partial charge is 0.458 e. The van der Waals surface area contributed by atoms with Crippen LogP contribution in [0.5, 0.6) is 5.75 Å². The summed E-state index contributed by atoms with van der Waals surface area (Å²) in [5.74, 6) is 0.538. The number of hydrogen-bond donors (Lipinski definition) is 1. The van der Waals surface area contributed by atoms with Crippen LogP contribution in [0.15, 0.2) is 54.6 Å². The van der Waals surface area contributed by atoms with Gasteiger partial charge in [0.15, 0.2) is 5.75 Å². The van der Waals surface area contributed by atoms with Gasteiger partial charge in [0.1, 0.15) is 16.9 Å². The van der Waals surface area contributed by atoms with Crippen molar-refractivity contribution in [3.63, 3.8) is 0 Å². The number of fused-ring (bicyclic) bond motifs is 3. The molecule has 3 aliphatic rings. The highest BCUT2D eigenvalue weighted by Gasteiger charge is 2.50. The van der Waals surface area contributed by atoms with Gasteiger partial charge < -0.3 is 19.4 Å². The highest BCUT2D eigenvalue weighted by Crippen LogP contribution is 2.53. The number of nitrogens with zero attached hydrogens (tertiary/aromatic N) is 2. The second-order valence-corrected chi connectivity index (χ2v) is 11.8. The number of ether oxygens (including phenoxy) is 2. The lowest BCUT2D eigenvalue weighted by molar-refractivity contribution is -0.274. The minimum absolute atomic E-state index is 0.145. The van der Waals surface area contributed by atoms with E-state index >= 15 is 0 Å². The van der Waals surface area contributed by atoms with Crippen LogP contribution in [-0.4, -0.2) is 52.9 Å². The van der Waals surface area contributed by atoms with Crippen molar-refractivity contribution in [3.05, 3.63) is 66.0 Å². The van der Waals surface area contributed by atoms with E-state index in [-0.39, 0.29) is 29.1 Å². The number of alkyl halides is 3. The summed E-state index contributed by atoms with van der Waals surface area (Å²) in [4.78, 5) is 22.6. The number of aromatic nitrogens is 2. The Labute approximate surface area is 238 Å². The number of benzene rings is 2. The molecule has 0 aliphatic heterocycles.